The molecule has 5 nitrogen and oxygen atoms in total. The van der Waals surface area contributed by atoms with E-state index in [0.29, 0.717) is 0 Å². The molecular weight excluding hydrogens is 268 g/mol. The van der Waals surface area contributed by atoms with Crippen molar-refractivity contribution in [2.75, 3.05) is 7.11 Å². The van der Waals surface area contributed by atoms with Gasteiger partial charge in [-0.1, -0.05) is 26.8 Å². The van der Waals surface area contributed by atoms with Crippen LogP contribution >= 0.6 is 0 Å². The molecule has 1 saturated carbocycles. The van der Waals surface area contributed by atoms with Crippen LogP contribution in [0.25, 0.3) is 0 Å². The van der Waals surface area contributed by atoms with Crippen LogP contribution < -0.4 is 5.32 Å². The fourth-order valence-electron chi connectivity index (χ4n) is 2.44. The molecule has 1 aliphatic rings. The second-order valence-electron chi connectivity index (χ2n) is 6.57. The van der Waals surface area contributed by atoms with Crippen LogP contribution in [0.3, 0.4) is 0 Å². The molecule has 0 bridgehead atoms. The van der Waals surface area contributed by atoms with E-state index in [1.807, 2.05) is 32.9 Å². The Morgan fingerprint density at radius 1 is 1.43 bits per heavy atom. The van der Waals surface area contributed by atoms with E-state index in [2.05, 4.69) is 10.3 Å². The van der Waals surface area contributed by atoms with Crippen molar-refractivity contribution in [3.63, 3.8) is 0 Å². The summed E-state index contributed by atoms with van der Waals surface area (Å²) in [4.78, 5) is 28.2. The molecule has 0 unspecified atom stereocenters. The Bertz CT molecular complexity index is 522. The third-order valence-corrected chi connectivity index (χ3v) is 3.83. The number of nitrogens with zero attached hydrogens (tertiary/aromatic N) is 1. The molecule has 1 N–H and O–H groups in total. The first kappa shape index (κ1) is 15.5. The molecule has 1 aromatic rings. The van der Waals surface area contributed by atoms with Gasteiger partial charge in [0.25, 0.3) is 0 Å². The van der Waals surface area contributed by atoms with E-state index in [1.165, 1.54) is 7.11 Å². The van der Waals surface area contributed by atoms with Gasteiger partial charge in [-0.25, -0.2) is 4.79 Å². The van der Waals surface area contributed by atoms with Gasteiger partial charge in [-0.15, -0.1) is 0 Å². The second kappa shape index (κ2) is 5.84. The number of nitrogens with one attached hydrogen (secondary N) is 1. The van der Waals surface area contributed by atoms with Gasteiger partial charge in [0.1, 0.15) is 6.04 Å². The fraction of sp³-hybridized carbons (Fsp3) is 0.562. The monoisotopic (exact) mass is 290 g/mol. The van der Waals surface area contributed by atoms with E-state index >= 15 is 0 Å². The summed E-state index contributed by atoms with van der Waals surface area (Å²) in [6, 6.07) is 3.21. The van der Waals surface area contributed by atoms with Crippen LogP contribution in [0.4, 0.5) is 0 Å². The summed E-state index contributed by atoms with van der Waals surface area (Å²) in [5.41, 5.74) is 0.685. The Morgan fingerprint density at radius 3 is 2.67 bits per heavy atom. The number of hydrogen-bond acceptors (Lipinski definition) is 4. The van der Waals surface area contributed by atoms with Gasteiger partial charge in [-0.3, -0.25) is 9.78 Å². The van der Waals surface area contributed by atoms with E-state index in [1.54, 1.807) is 12.4 Å². The number of methoxy groups -OCH3 is 1. The van der Waals surface area contributed by atoms with Crippen molar-refractivity contribution in [1.82, 2.24) is 10.3 Å². The molecule has 0 spiro atoms. The zero-order valence-corrected chi connectivity index (χ0v) is 12.9. The topological polar surface area (TPSA) is 68.3 Å². The third kappa shape index (κ3) is 3.60. The van der Waals surface area contributed by atoms with Crippen molar-refractivity contribution < 1.29 is 14.3 Å². The van der Waals surface area contributed by atoms with Crippen molar-refractivity contribution in [2.45, 2.75) is 39.2 Å². The summed E-state index contributed by atoms with van der Waals surface area (Å²) in [5, 5.41) is 2.84. The van der Waals surface area contributed by atoms with Crippen LogP contribution in [0.2, 0.25) is 0 Å². The van der Waals surface area contributed by atoms with Crippen molar-refractivity contribution in [2.24, 2.45) is 11.3 Å². The van der Waals surface area contributed by atoms with Crippen LogP contribution in [0.1, 0.15) is 38.7 Å². The van der Waals surface area contributed by atoms with Gasteiger partial charge in [-0.2, -0.15) is 0 Å². The van der Waals surface area contributed by atoms with Gasteiger partial charge < -0.3 is 10.1 Å². The van der Waals surface area contributed by atoms with E-state index in [4.69, 9.17) is 4.74 Å². The number of amides is 1. The predicted molar refractivity (Wildman–Crippen MR) is 78.5 cm³/mol. The molecule has 2 rings (SSSR count). The maximum absolute atomic E-state index is 12.3. The highest BCUT2D eigenvalue weighted by molar-refractivity contribution is 5.88. The molecule has 3 atom stereocenters. The Kier molecular flexibility index (Phi) is 4.30. The zero-order valence-electron chi connectivity index (χ0n) is 12.9. The molecule has 1 fully saturated rings. The number of aromatic nitrogens is 1. The standard InChI is InChI=1S/C16H22N2O3/c1-16(2,3)13(15(20)21-4)18-14(19)12-8-11(12)10-6-5-7-17-9-10/h5-7,9,11-13H,8H2,1-4H3,(H,18,19)/t11-,12+,13+/m1/s1. The normalized spacial score (nSPS) is 22.3. The second-order valence-corrected chi connectivity index (χ2v) is 6.57. The highest BCUT2D eigenvalue weighted by Crippen LogP contribution is 2.47. The Morgan fingerprint density at radius 2 is 2.14 bits per heavy atom. The molecule has 1 aromatic heterocycles. The molecule has 0 aliphatic heterocycles. The molecule has 1 aliphatic carbocycles. The molecule has 5 heteroatoms. The number of carbonyl (C=O) groups is 2. The summed E-state index contributed by atoms with van der Waals surface area (Å²) < 4.78 is 4.79. The minimum absolute atomic E-state index is 0.0799. The predicted octanol–water partition coefficient (Wildman–Crippen LogP) is 1.89. The zero-order chi connectivity index (χ0) is 15.6. The average Bonchev–Trinajstić information content (AvgIpc) is 3.24. The average molecular weight is 290 g/mol. The molecule has 21 heavy (non-hydrogen) atoms. The smallest absolute Gasteiger partial charge is 0.328 e. The van der Waals surface area contributed by atoms with Crippen molar-refractivity contribution in [1.29, 1.82) is 0 Å². The Balaban J connectivity index is 2.00. The van der Waals surface area contributed by atoms with Gasteiger partial charge in [0.2, 0.25) is 5.91 Å². The molecule has 0 aromatic carbocycles. The lowest BCUT2D eigenvalue weighted by molar-refractivity contribution is -0.148. The highest BCUT2D eigenvalue weighted by atomic mass is 16.5. The van der Waals surface area contributed by atoms with Gasteiger partial charge in [0.15, 0.2) is 0 Å². The Hall–Kier alpha value is -1.91. The number of ether oxygens (including phenoxy) is 1. The first-order chi connectivity index (χ1) is 9.84. The lowest BCUT2D eigenvalue weighted by Crippen LogP contribution is -2.50. The van der Waals surface area contributed by atoms with Gasteiger partial charge >= 0.3 is 5.97 Å². The number of esters is 1. The number of pyridine rings is 1. The van der Waals surface area contributed by atoms with E-state index in [0.717, 1.165) is 12.0 Å². The number of carbonyl (C=O) groups excluding carboxylic acids is 2. The molecule has 0 radical (unpaired) electrons. The number of hydrogen-bond donors (Lipinski definition) is 1. The first-order valence-electron chi connectivity index (χ1n) is 7.12. The molecule has 1 heterocycles. The Labute approximate surface area is 125 Å². The fourth-order valence-corrected chi connectivity index (χ4v) is 2.44. The molecular formula is C16H22N2O3. The van der Waals surface area contributed by atoms with Crippen molar-refractivity contribution in [3.8, 4) is 0 Å². The number of rotatable bonds is 4. The van der Waals surface area contributed by atoms with Crippen molar-refractivity contribution in [3.05, 3.63) is 30.1 Å². The van der Waals surface area contributed by atoms with E-state index in [-0.39, 0.29) is 23.2 Å². The highest BCUT2D eigenvalue weighted by Gasteiger charge is 2.46. The lowest BCUT2D eigenvalue weighted by Gasteiger charge is -2.29. The quantitative estimate of drug-likeness (QED) is 0.860. The van der Waals surface area contributed by atoms with Crippen LogP contribution in [0, 0.1) is 11.3 Å². The minimum Gasteiger partial charge on any atom is -0.467 e. The van der Waals surface area contributed by atoms with Crippen LogP contribution in [-0.4, -0.2) is 30.0 Å². The maximum atomic E-state index is 12.3. The minimum atomic E-state index is -0.634. The summed E-state index contributed by atoms with van der Waals surface area (Å²) in [6.07, 6.45) is 4.31. The third-order valence-electron chi connectivity index (χ3n) is 3.83. The largest absolute Gasteiger partial charge is 0.467 e. The van der Waals surface area contributed by atoms with Gasteiger partial charge in [0, 0.05) is 18.3 Å². The molecule has 114 valence electrons. The van der Waals surface area contributed by atoms with E-state index < -0.39 is 12.0 Å². The van der Waals surface area contributed by atoms with Crippen molar-refractivity contribution >= 4 is 11.9 Å². The summed E-state index contributed by atoms with van der Waals surface area (Å²) in [5.74, 6) is -0.371. The van der Waals surface area contributed by atoms with E-state index in [9.17, 15) is 9.59 Å². The lowest BCUT2D eigenvalue weighted by atomic mass is 9.86. The van der Waals surface area contributed by atoms with Crippen LogP contribution in [0.5, 0.6) is 0 Å². The SMILES string of the molecule is COC(=O)[C@H](NC(=O)[C@H]1C[C@@H]1c1cccnc1)C(C)(C)C. The molecule has 1 amide bonds. The van der Waals surface area contributed by atoms with Crippen LogP contribution in [-0.2, 0) is 14.3 Å². The summed E-state index contributed by atoms with van der Waals surface area (Å²) in [7, 11) is 1.34. The summed E-state index contributed by atoms with van der Waals surface area (Å²) >= 11 is 0. The molecule has 0 saturated heterocycles. The maximum Gasteiger partial charge on any atom is 0.328 e. The summed E-state index contributed by atoms with van der Waals surface area (Å²) in [6.45, 7) is 5.71. The first-order valence-corrected chi connectivity index (χ1v) is 7.12. The van der Waals surface area contributed by atoms with Gasteiger partial charge in [-0.05, 0) is 29.4 Å². The van der Waals surface area contributed by atoms with Crippen LogP contribution in [0.15, 0.2) is 24.5 Å². The van der Waals surface area contributed by atoms with Gasteiger partial charge in [0.05, 0.1) is 7.11 Å².